The molecule has 1 aliphatic carbocycles. The number of nitrogens with zero attached hydrogens (tertiary/aromatic N) is 3. The van der Waals surface area contributed by atoms with Crippen molar-refractivity contribution in [2.75, 3.05) is 12.3 Å². The molecule has 1 heterocycles. The first-order valence-electron chi connectivity index (χ1n) is 10.5. The van der Waals surface area contributed by atoms with Crippen LogP contribution < -0.4 is 0 Å². The number of para-hydroxylation sites is 2. The molecule has 2 aromatic carbocycles. The lowest BCUT2D eigenvalue weighted by Gasteiger charge is -2.33. The molecular weight excluding hydrogens is 378 g/mol. The van der Waals surface area contributed by atoms with Crippen LogP contribution in [0.1, 0.15) is 39.0 Å². The Morgan fingerprint density at radius 3 is 2.31 bits per heavy atom. The van der Waals surface area contributed by atoms with Gasteiger partial charge in [-0.15, -0.1) is 0 Å². The fraction of sp³-hybridized carbons (Fsp3) is 0.375. The Hall–Kier alpha value is -2.40. The second-order valence-electron chi connectivity index (χ2n) is 7.49. The minimum atomic E-state index is 0.207. The summed E-state index contributed by atoms with van der Waals surface area (Å²) in [7, 11) is 0. The van der Waals surface area contributed by atoms with E-state index in [0.29, 0.717) is 11.8 Å². The summed E-state index contributed by atoms with van der Waals surface area (Å²) in [5.74, 6) is 0.607. The number of aromatic nitrogens is 2. The van der Waals surface area contributed by atoms with Gasteiger partial charge in [0.2, 0.25) is 5.91 Å². The Morgan fingerprint density at radius 1 is 0.966 bits per heavy atom. The zero-order chi connectivity index (χ0) is 20.1. The highest BCUT2D eigenvalue weighted by Crippen LogP contribution is 2.31. The molecule has 4 nitrogen and oxygen atoms in total. The van der Waals surface area contributed by atoms with Gasteiger partial charge in [-0.3, -0.25) is 4.79 Å². The molecule has 5 heteroatoms. The predicted octanol–water partition coefficient (Wildman–Crippen LogP) is 5.57. The number of thioether (sulfide) groups is 1. The second-order valence-corrected chi connectivity index (χ2v) is 8.46. The maximum absolute atomic E-state index is 13.0. The molecule has 0 unspecified atom stereocenters. The minimum absolute atomic E-state index is 0.207. The van der Waals surface area contributed by atoms with Crippen molar-refractivity contribution in [2.45, 2.75) is 50.1 Å². The first-order valence-corrected chi connectivity index (χ1v) is 11.5. The quantitative estimate of drug-likeness (QED) is 0.503. The lowest BCUT2D eigenvalue weighted by atomic mass is 9.94. The van der Waals surface area contributed by atoms with Gasteiger partial charge in [-0.1, -0.05) is 73.5 Å². The van der Waals surface area contributed by atoms with Crippen molar-refractivity contribution in [3.63, 3.8) is 0 Å². The van der Waals surface area contributed by atoms with Crippen LogP contribution in [0.25, 0.3) is 22.3 Å². The predicted molar refractivity (Wildman–Crippen MR) is 120 cm³/mol. The van der Waals surface area contributed by atoms with Gasteiger partial charge in [0.15, 0.2) is 0 Å². The molecule has 1 amide bonds. The van der Waals surface area contributed by atoms with E-state index < -0.39 is 0 Å². The maximum Gasteiger partial charge on any atom is 0.233 e. The summed E-state index contributed by atoms with van der Waals surface area (Å²) in [5, 5.41) is 0.822. The van der Waals surface area contributed by atoms with E-state index in [2.05, 4.69) is 11.8 Å². The van der Waals surface area contributed by atoms with Crippen molar-refractivity contribution in [1.29, 1.82) is 0 Å². The Labute approximate surface area is 176 Å². The van der Waals surface area contributed by atoms with Crippen LogP contribution >= 0.6 is 11.8 Å². The molecule has 0 spiro atoms. The highest BCUT2D eigenvalue weighted by Gasteiger charge is 2.24. The first kappa shape index (κ1) is 19.9. The number of hydrogen-bond donors (Lipinski definition) is 0. The van der Waals surface area contributed by atoms with Gasteiger partial charge in [0, 0.05) is 18.2 Å². The van der Waals surface area contributed by atoms with Crippen molar-refractivity contribution in [3.8, 4) is 11.3 Å². The number of amides is 1. The van der Waals surface area contributed by atoms with Crippen LogP contribution in [-0.4, -0.2) is 39.1 Å². The Kier molecular flexibility index (Phi) is 6.45. The van der Waals surface area contributed by atoms with E-state index in [4.69, 9.17) is 9.97 Å². The van der Waals surface area contributed by atoms with E-state index in [1.54, 1.807) is 0 Å². The van der Waals surface area contributed by atoms with Gasteiger partial charge >= 0.3 is 0 Å². The first-order chi connectivity index (χ1) is 14.3. The average Bonchev–Trinajstić information content (AvgIpc) is 2.79. The number of carbonyl (C=O) groups is 1. The van der Waals surface area contributed by atoms with Crippen LogP contribution in [0.4, 0.5) is 0 Å². The zero-order valence-electron chi connectivity index (χ0n) is 16.9. The molecule has 3 aromatic rings. The summed E-state index contributed by atoms with van der Waals surface area (Å²) in [5.41, 5.74) is 3.62. The van der Waals surface area contributed by atoms with Crippen molar-refractivity contribution >= 4 is 28.7 Å². The van der Waals surface area contributed by atoms with Crippen LogP contribution in [0, 0.1) is 0 Å². The van der Waals surface area contributed by atoms with Crippen LogP contribution in [0.15, 0.2) is 59.6 Å². The van der Waals surface area contributed by atoms with Gasteiger partial charge in [0.05, 0.1) is 16.8 Å². The van der Waals surface area contributed by atoms with Crippen molar-refractivity contribution < 1.29 is 4.79 Å². The third-order valence-corrected chi connectivity index (χ3v) is 6.54. The molecule has 29 heavy (non-hydrogen) atoms. The van der Waals surface area contributed by atoms with E-state index in [1.165, 1.54) is 31.0 Å². The summed E-state index contributed by atoms with van der Waals surface area (Å²) >= 11 is 1.51. The minimum Gasteiger partial charge on any atom is -0.339 e. The van der Waals surface area contributed by atoms with Gasteiger partial charge in [-0.2, -0.15) is 0 Å². The van der Waals surface area contributed by atoms with Crippen molar-refractivity contribution in [2.24, 2.45) is 0 Å². The molecule has 0 N–H and O–H groups in total. The van der Waals surface area contributed by atoms with E-state index in [1.807, 2.05) is 54.6 Å². The molecule has 0 radical (unpaired) electrons. The van der Waals surface area contributed by atoms with Crippen molar-refractivity contribution in [3.05, 3.63) is 54.6 Å². The largest absolute Gasteiger partial charge is 0.339 e. The van der Waals surface area contributed by atoms with Gasteiger partial charge in [-0.25, -0.2) is 9.97 Å². The van der Waals surface area contributed by atoms with E-state index in [0.717, 1.165) is 46.7 Å². The number of carbonyl (C=O) groups excluding carboxylic acids is 1. The summed E-state index contributed by atoms with van der Waals surface area (Å²) in [6.07, 6.45) is 6.03. The van der Waals surface area contributed by atoms with E-state index >= 15 is 0 Å². The monoisotopic (exact) mass is 405 g/mol. The summed E-state index contributed by atoms with van der Waals surface area (Å²) in [6.45, 7) is 2.86. The SMILES string of the molecule is CCN(C(=O)CSc1nc2ccccc2nc1-c1ccccc1)C1CCCCC1. The molecule has 1 saturated carbocycles. The molecule has 0 saturated heterocycles. The molecule has 1 fully saturated rings. The molecular formula is C24H27N3OS. The molecule has 150 valence electrons. The topological polar surface area (TPSA) is 46.1 Å². The third kappa shape index (κ3) is 4.61. The summed E-state index contributed by atoms with van der Waals surface area (Å²) in [6, 6.07) is 18.4. The Morgan fingerprint density at radius 2 is 1.62 bits per heavy atom. The lowest BCUT2D eigenvalue weighted by molar-refractivity contribution is -0.131. The number of rotatable bonds is 6. The van der Waals surface area contributed by atoms with Crippen LogP contribution in [0.5, 0.6) is 0 Å². The second kappa shape index (κ2) is 9.40. The highest BCUT2D eigenvalue weighted by molar-refractivity contribution is 8.00. The maximum atomic E-state index is 13.0. The van der Waals surface area contributed by atoms with Gasteiger partial charge in [-0.05, 0) is 31.9 Å². The molecule has 0 aliphatic heterocycles. The standard InChI is InChI=1S/C24H27N3OS/c1-2-27(19-13-7-4-8-14-19)22(28)17-29-24-23(18-11-5-3-6-12-18)25-20-15-9-10-16-21(20)26-24/h3,5-6,9-12,15-16,19H,2,4,7-8,13-14,17H2,1H3. The number of benzene rings is 2. The Balaban J connectivity index is 1.58. The summed E-state index contributed by atoms with van der Waals surface area (Å²) in [4.78, 5) is 24.8. The molecule has 1 aromatic heterocycles. The summed E-state index contributed by atoms with van der Waals surface area (Å²) < 4.78 is 0. The van der Waals surface area contributed by atoms with Crippen LogP contribution in [-0.2, 0) is 4.79 Å². The zero-order valence-corrected chi connectivity index (χ0v) is 17.7. The van der Waals surface area contributed by atoms with E-state index in [9.17, 15) is 4.79 Å². The molecule has 1 aliphatic rings. The average molecular weight is 406 g/mol. The van der Waals surface area contributed by atoms with Gasteiger partial charge < -0.3 is 4.90 Å². The fourth-order valence-corrected chi connectivity index (χ4v) is 5.00. The number of hydrogen-bond acceptors (Lipinski definition) is 4. The molecule has 0 bridgehead atoms. The molecule has 4 rings (SSSR count). The van der Waals surface area contributed by atoms with E-state index in [-0.39, 0.29) is 5.91 Å². The number of fused-ring (bicyclic) bond motifs is 1. The molecule has 0 atom stereocenters. The third-order valence-electron chi connectivity index (χ3n) is 5.59. The van der Waals surface area contributed by atoms with Crippen LogP contribution in [0.2, 0.25) is 0 Å². The fourth-order valence-electron chi connectivity index (χ4n) is 4.11. The van der Waals surface area contributed by atoms with Gasteiger partial charge in [0.1, 0.15) is 10.7 Å². The lowest BCUT2D eigenvalue weighted by Crippen LogP contribution is -2.42. The normalized spacial score (nSPS) is 14.8. The highest BCUT2D eigenvalue weighted by atomic mass is 32.2. The van der Waals surface area contributed by atoms with Crippen LogP contribution in [0.3, 0.4) is 0 Å². The van der Waals surface area contributed by atoms with Crippen molar-refractivity contribution in [1.82, 2.24) is 14.9 Å². The smallest absolute Gasteiger partial charge is 0.233 e. The Bertz CT molecular complexity index is 970. The van der Waals surface area contributed by atoms with Gasteiger partial charge in [0.25, 0.3) is 0 Å².